The van der Waals surface area contributed by atoms with Crippen LogP contribution in [0.25, 0.3) is 5.69 Å². The Labute approximate surface area is 193 Å². The number of hydrogen-bond donors (Lipinski definition) is 0. The van der Waals surface area contributed by atoms with Crippen molar-refractivity contribution >= 4 is 17.5 Å². The van der Waals surface area contributed by atoms with Crippen LogP contribution in [0.15, 0.2) is 47.6 Å². The van der Waals surface area contributed by atoms with Crippen LogP contribution < -0.4 is 0 Å². The molecule has 0 radical (unpaired) electrons. The van der Waals surface area contributed by atoms with E-state index in [2.05, 4.69) is 22.0 Å². The summed E-state index contributed by atoms with van der Waals surface area (Å²) in [5, 5.41) is 9.60. The van der Waals surface area contributed by atoms with E-state index in [1.165, 1.54) is 43.2 Å². The third-order valence-corrected chi connectivity index (χ3v) is 7.01. The topological polar surface area (TPSA) is 51.0 Å². The SMILES string of the molecule is Cc1ccc(C)c(C(=O)CSc2nnc(C(C)N3CCCCC3)n2-c2ccc(F)cc2)c1. The quantitative estimate of drug-likeness (QED) is 0.348. The van der Waals surface area contributed by atoms with Gasteiger partial charge < -0.3 is 0 Å². The second kappa shape index (κ2) is 9.96. The highest BCUT2D eigenvalue weighted by Crippen LogP contribution is 2.30. The predicted molar refractivity (Wildman–Crippen MR) is 126 cm³/mol. The molecule has 0 spiro atoms. The van der Waals surface area contributed by atoms with Gasteiger partial charge in [0.1, 0.15) is 5.82 Å². The molecule has 1 aromatic heterocycles. The van der Waals surface area contributed by atoms with Crippen LogP contribution >= 0.6 is 11.8 Å². The maximum absolute atomic E-state index is 13.6. The number of aromatic nitrogens is 3. The molecule has 0 N–H and O–H groups in total. The Morgan fingerprint density at radius 1 is 1.06 bits per heavy atom. The van der Waals surface area contributed by atoms with Crippen LogP contribution in [0.3, 0.4) is 0 Å². The van der Waals surface area contributed by atoms with E-state index in [1.807, 2.05) is 36.6 Å². The number of Topliss-reactive ketones (excluding diaryl/α,β-unsaturated/α-hetero) is 1. The van der Waals surface area contributed by atoms with Crippen LogP contribution in [0.2, 0.25) is 0 Å². The van der Waals surface area contributed by atoms with Gasteiger partial charge in [-0.25, -0.2) is 4.39 Å². The molecule has 1 aliphatic rings. The molecule has 0 bridgehead atoms. The average molecular weight is 453 g/mol. The zero-order chi connectivity index (χ0) is 22.7. The summed E-state index contributed by atoms with van der Waals surface area (Å²) in [6.07, 6.45) is 3.62. The lowest BCUT2D eigenvalue weighted by Crippen LogP contribution is -2.33. The number of carbonyl (C=O) groups is 1. The molecule has 3 aromatic rings. The second-order valence-corrected chi connectivity index (χ2v) is 9.40. The largest absolute Gasteiger partial charge is 0.294 e. The molecule has 1 unspecified atom stereocenters. The molecule has 7 heteroatoms. The molecule has 5 nitrogen and oxygen atoms in total. The maximum Gasteiger partial charge on any atom is 0.196 e. The normalized spacial score (nSPS) is 15.6. The van der Waals surface area contributed by atoms with Gasteiger partial charge in [-0.1, -0.05) is 35.9 Å². The number of rotatable bonds is 7. The molecule has 32 heavy (non-hydrogen) atoms. The van der Waals surface area contributed by atoms with Crippen LogP contribution in [0.4, 0.5) is 4.39 Å². The van der Waals surface area contributed by atoms with Gasteiger partial charge >= 0.3 is 0 Å². The van der Waals surface area contributed by atoms with Crippen molar-refractivity contribution in [3.05, 3.63) is 70.8 Å². The highest BCUT2D eigenvalue weighted by molar-refractivity contribution is 7.99. The van der Waals surface area contributed by atoms with Gasteiger partial charge in [-0.15, -0.1) is 10.2 Å². The fourth-order valence-corrected chi connectivity index (χ4v) is 5.03. The summed E-state index contributed by atoms with van der Waals surface area (Å²) in [7, 11) is 0. The van der Waals surface area contributed by atoms with Crippen LogP contribution in [0.5, 0.6) is 0 Å². The molecule has 2 aromatic carbocycles. The van der Waals surface area contributed by atoms with Gasteiger partial charge in [0, 0.05) is 11.3 Å². The van der Waals surface area contributed by atoms with Crippen molar-refractivity contribution in [3.8, 4) is 5.69 Å². The molecule has 1 aliphatic heterocycles. The Morgan fingerprint density at radius 2 is 1.78 bits per heavy atom. The lowest BCUT2D eigenvalue weighted by Gasteiger charge is -2.31. The summed E-state index contributed by atoms with van der Waals surface area (Å²) < 4.78 is 15.6. The maximum atomic E-state index is 13.6. The summed E-state index contributed by atoms with van der Waals surface area (Å²) >= 11 is 1.38. The number of likely N-dealkylation sites (tertiary alicyclic amines) is 1. The molecule has 0 aliphatic carbocycles. The summed E-state index contributed by atoms with van der Waals surface area (Å²) in [6.45, 7) is 8.15. The molecule has 2 heterocycles. The molecule has 0 amide bonds. The van der Waals surface area contributed by atoms with Crippen molar-refractivity contribution in [1.29, 1.82) is 0 Å². The van der Waals surface area contributed by atoms with Crippen molar-refractivity contribution < 1.29 is 9.18 Å². The van der Waals surface area contributed by atoms with E-state index >= 15 is 0 Å². The molecular weight excluding hydrogens is 423 g/mol. The minimum Gasteiger partial charge on any atom is -0.294 e. The van der Waals surface area contributed by atoms with Gasteiger partial charge in [0.2, 0.25) is 0 Å². The van der Waals surface area contributed by atoms with Gasteiger partial charge in [-0.05, 0) is 82.6 Å². The van der Waals surface area contributed by atoms with E-state index in [0.717, 1.165) is 41.3 Å². The van der Waals surface area contributed by atoms with E-state index in [-0.39, 0.29) is 23.4 Å². The Morgan fingerprint density at radius 3 is 2.50 bits per heavy atom. The number of benzene rings is 2. The molecule has 4 rings (SSSR count). The molecule has 168 valence electrons. The predicted octanol–water partition coefficient (Wildman–Crippen LogP) is 5.55. The first-order valence-corrected chi connectivity index (χ1v) is 12.1. The lowest BCUT2D eigenvalue weighted by atomic mass is 10.0. The van der Waals surface area contributed by atoms with Crippen LogP contribution in [0, 0.1) is 19.7 Å². The van der Waals surface area contributed by atoms with Crippen LogP contribution in [0.1, 0.15) is 59.5 Å². The van der Waals surface area contributed by atoms with Crippen molar-refractivity contribution in [2.75, 3.05) is 18.8 Å². The summed E-state index contributed by atoms with van der Waals surface area (Å²) in [4.78, 5) is 15.4. The zero-order valence-corrected chi connectivity index (χ0v) is 19.7. The monoisotopic (exact) mass is 452 g/mol. The van der Waals surface area contributed by atoms with Gasteiger partial charge in [0.05, 0.1) is 11.8 Å². The Kier molecular flexibility index (Phi) is 7.06. The summed E-state index contributed by atoms with van der Waals surface area (Å²) in [5.74, 6) is 0.865. The van der Waals surface area contributed by atoms with Gasteiger partial charge in [-0.3, -0.25) is 14.3 Å². The van der Waals surface area contributed by atoms with Crippen molar-refractivity contribution in [1.82, 2.24) is 19.7 Å². The minimum absolute atomic E-state index is 0.0653. The number of halogens is 1. The molecule has 1 atom stereocenters. The molecule has 0 saturated carbocycles. The summed E-state index contributed by atoms with van der Waals surface area (Å²) in [6, 6.07) is 12.4. The number of piperidine rings is 1. The van der Waals surface area contributed by atoms with E-state index in [4.69, 9.17) is 0 Å². The fraction of sp³-hybridized carbons (Fsp3) is 0.400. The number of hydrogen-bond acceptors (Lipinski definition) is 5. The van der Waals surface area contributed by atoms with Crippen molar-refractivity contribution in [2.45, 2.75) is 51.2 Å². The number of ketones is 1. The standard InChI is InChI=1S/C25H29FN4OS/c1-17-7-8-18(2)22(15-17)23(31)16-32-25-28-27-24(19(3)29-13-5-4-6-14-29)30(25)21-11-9-20(26)10-12-21/h7-12,15,19H,4-6,13-14,16H2,1-3H3. The first kappa shape index (κ1) is 22.7. The number of aryl methyl sites for hydroxylation is 2. The van der Waals surface area contributed by atoms with E-state index in [9.17, 15) is 9.18 Å². The smallest absolute Gasteiger partial charge is 0.196 e. The number of carbonyl (C=O) groups excluding carboxylic acids is 1. The van der Waals surface area contributed by atoms with E-state index in [0.29, 0.717) is 5.16 Å². The van der Waals surface area contributed by atoms with E-state index < -0.39 is 0 Å². The second-order valence-electron chi connectivity index (χ2n) is 8.46. The average Bonchev–Trinajstić information content (AvgIpc) is 3.23. The van der Waals surface area contributed by atoms with Gasteiger partial charge in [0.25, 0.3) is 0 Å². The Bertz CT molecular complexity index is 1090. The third kappa shape index (κ3) is 4.94. The lowest BCUT2D eigenvalue weighted by molar-refractivity contribution is 0.102. The van der Waals surface area contributed by atoms with Crippen LogP contribution in [-0.2, 0) is 0 Å². The zero-order valence-electron chi connectivity index (χ0n) is 18.8. The molecule has 1 fully saturated rings. The first-order chi connectivity index (χ1) is 15.4. The minimum atomic E-state index is -0.285. The van der Waals surface area contributed by atoms with E-state index in [1.54, 1.807) is 12.1 Å². The highest BCUT2D eigenvalue weighted by atomic mass is 32.2. The fourth-order valence-electron chi connectivity index (χ4n) is 4.19. The van der Waals surface area contributed by atoms with Gasteiger partial charge in [0.15, 0.2) is 16.8 Å². The Balaban J connectivity index is 1.62. The first-order valence-electron chi connectivity index (χ1n) is 11.1. The number of thioether (sulfide) groups is 1. The third-order valence-electron chi connectivity index (χ3n) is 6.08. The van der Waals surface area contributed by atoms with Crippen molar-refractivity contribution in [3.63, 3.8) is 0 Å². The molecule has 1 saturated heterocycles. The van der Waals surface area contributed by atoms with Gasteiger partial charge in [-0.2, -0.15) is 0 Å². The summed E-state index contributed by atoms with van der Waals surface area (Å²) in [5.41, 5.74) is 3.58. The van der Waals surface area contributed by atoms with Crippen LogP contribution in [-0.4, -0.2) is 44.3 Å². The molecular formula is C25H29FN4OS. The van der Waals surface area contributed by atoms with Crippen molar-refractivity contribution in [2.24, 2.45) is 0 Å². The highest BCUT2D eigenvalue weighted by Gasteiger charge is 2.26. The number of nitrogens with zero attached hydrogens (tertiary/aromatic N) is 4. The Hall–Kier alpha value is -2.51.